The van der Waals surface area contributed by atoms with E-state index in [1.165, 1.54) is 6.92 Å². The van der Waals surface area contributed by atoms with Crippen molar-refractivity contribution in [2.24, 2.45) is 0 Å². The SMILES string of the molecule is CC(=O)NC(C)Cc1cnc[nH]1. The van der Waals surface area contributed by atoms with Crippen molar-refractivity contribution in [3.8, 4) is 0 Å². The topological polar surface area (TPSA) is 57.8 Å². The van der Waals surface area contributed by atoms with Crippen molar-refractivity contribution in [3.05, 3.63) is 18.2 Å². The van der Waals surface area contributed by atoms with Crippen LogP contribution in [0.4, 0.5) is 0 Å². The highest BCUT2D eigenvalue weighted by molar-refractivity contribution is 5.73. The van der Waals surface area contributed by atoms with Crippen LogP contribution in [-0.2, 0) is 11.2 Å². The second-order valence-corrected chi connectivity index (χ2v) is 2.88. The number of aromatic nitrogens is 2. The van der Waals surface area contributed by atoms with Crippen molar-refractivity contribution < 1.29 is 4.79 Å². The van der Waals surface area contributed by atoms with Crippen LogP contribution in [0, 0.1) is 0 Å². The number of carbonyl (C=O) groups is 1. The lowest BCUT2D eigenvalue weighted by Gasteiger charge is -2.10. The first-order valence-electron chi connectivity index (χ1n) is 3.93. The van der Waals surface area contributed by atoms with Gasteiger partial charge in [0.2, 0.25) is 5.91 Å². The molecule has 0 radical (unpaired) electrons. The van der Waals surface area contributed by atoms with Gasteiger partial charge in [-0.1, -0.05) is 0 Å². The highest BCUT2D eigenvalue weighted by Gasteiger charge is 2.04. The van der Waals surface area contributed by atoms with E-state index in [2.05, 4.69) is 15.3 Å². The summed E-state index contributed by atoms with van der Waals surface area (Å²) in [6, 6.07) is 0.156. The number of rotatable bonds is 3. The van der Waals surface area contributed by atoms with Gasteiger partial charge in [0.25, 0.3) is 0 Å². The Morgan fingerprint density at radius 3 is 3.08 bits per heavy atom. The molecule has 0 aromatic carbocycles. The van der Waals surface area contributed by atoms with Crippen LogP contribution >= 0.6 is 0 Å². The summed E-state index contributed by atoms with van der Waals surface area (Å²) in [6.07, 6.45) is 4.19. The zero-order valence-corrected chi connectivity index (χ0v) is 7.29. The molecule has 12 heavy (non-hydrogen) atoms. The molecule has 4 heteroatoms. The van der Waals surface area contributed by atoms with E-state index in [1.807, 2.05) is 6.92 Å². The Morgan fingerprint density at radius 2 is 2.58 bits per heavy atom. The van der Waals surface area contributed by atoms with Gasteiger partial charge in [-0.15, -0.1) is 0 Å². The Balaban J connectivity index is 2.36. The molecular formula is C8H13N3O. The highest BCUT2D eigenvalue weighted by atomic mass is 16.1. The molecule has 0 aliphatic carbocycles. The first-order valence-corrected chi connectivity index (χ1v) is 3.93. The smallest absolute Gasteiger partial charge is 0.217 e. The second-order valence-electron chi connectivity index (χ2n) is 2.88. The summed E-state index contributed by atoms with van der Waals surface area (Å²) in [4.78, 5) is 17.5. The van der Waals surface area contributed by atoms with E-state index in [9.17, 15) is 4.79 Å². The molecule has 4 nitrogen and oxygen atoms in total. The molecule has 2 N–H and O–H groups in total. The van der Waals surface area contributed by atoms with Crippen molar-refractivity contribution in [3.63, 3.8) is 0 Å². The lowest BCUT2D eigenvalue weighted by Crippen LogP contribution is -2.32. The summed E-state index contributed by atoms with van der Waals surface area (Å²) in [7, 11) is 0. The van der Waals surface area contributed by atoms with Crippen LogP contribution in [0.1, 0.15) is 19.5 Å². The van der Waals surface area contributed by atoms with Gasteiger partial charge >= 0.3 is 0 Å². The Kier molecular flexibility index (Phi) is 2.85. The molecule has 0 bridgehead atoms. The zero-order valence-electron chi connectivity index (χ0n) is 7.29. The minimum atomic E-state index is 0.00187. The van der Waals surface area contributed by atoms with Crippen LogP contribution in [0.3, 0.4) is 0 Å². The first-order chi connectivity index (χ1) is 5.68. The molecule has 0 saturated heterocycles. The van der Waals surface area contributed by atoms with Crippen molar-refractivity contribution in [1.29, 1.82) is 0 Å². The van der Waals surface area contributed by atoms with Crippen molar-refractivity contribution in [2.75, 3.05) is 0 Å². The molecule has 1 unspecified atom stereocenters. The molecule has 1 rings (SSSR count). The van der Waals surface area contributed by atoms with Gasteiger partial charge in [0, 0.05) is 31.3 Å². The lowest BCUT2D eigenvalue weighted by molar-refractivity contribution is -0.119. The fourth-order valence-corrected chi connectivity index (χ4v) is 1.12. The van der Waals surface area contributed by atoms with Gasteiger partial charge in [0.1, 0.15) is 0 Å². The maximum atomic E-state index is 10.6. The van der Waals surface area contributed by atoms with Crippen molar-refractivity contribution in [2.45, 2.75) is 26.3 Å². The molecule has 1 heterocycles. The van der Waals surface area contributed by atoms with Crippen LogP contribution in [0.15, 0.2) is 12.5 Å². The van der Waals surface area contributed by atoms with Crippen LogP contribution in [0.2, 0.25) is 0 Å². The third-order valence-corrected chi connectivity index (χ3v) is 1.53. The van der Waals surface area contributed by atoms with Gasteiger partial charge < -0.3 is 10.3 Å². The largest absolute Gasteiger partial charge is 0.354 e. The van der Waals surface area contributed by atoms with Crippen molar-refractivity contribution >= 4 is 5.91 Å². The highest BCUT2D eigenvalue weighted by Crippen LogP contribution is 1.96. The van der Waals surface area contributed by atoms with Crippen molar-refractivity contribution in [1.82, 2.24) is 15.3 Å². The number of imidazole rings is 1. The number of carbonyl (C=O) groups excluding carboxylic acids is 1. The standard InChI is InChI=1S/C8H13N3O/c1-6(11-7(2)12)3-8-4-9-5-10-8/h4-6H,3H2,1-2H3,(H,9,10)(H,11,12). The minimum Gasteiger partial charge on any atom is -0.354 e. The predicted octanol–water partition coefficient (Wildman–Crippen LogP) is 0.477. The third kappa shape index (κ3) is 2.74. The summed E-state index contributed by atoms with van der Waals surface area (Å²) in [5, 5.41) is 2.79. The Labute approximate surface area is 71.4 Å². The summed E-state index contributed by atoms with van der Waals surface area (Å²) in [5.41, 5.74) is 1.04. The Morgan fingerprint density at radius 1 is 1.83 bits per heavy atom. The molecule has 66 valence electrons. The number of hydrogen-bond donors (Lipinski definition) is 2. The van der Waals surface area contributed by atoms with Gasteiger partial charge in [-0.2, -0.15) is 0 Å². The number of aromatic amines is 1. The monoisotopic (exact) mass is 167 g/mol. The van der Waals surface area contributed by atoms with E-state index in [1.54, 1.807) is 12.5 Å². The first kappa shape index (κ1) is 8.77. The fourth-order valence-electron chi connectivity index (χ4n) is 1.12. The number of nitrogens with one attached hydrogen (secondary N) is 2. The molecule has 1 atom stereocenters. The molecule has 0 spiro atoms. The van der Waals surface area contributed by atoms with Crippen LogP contribution in [-0.4, -0.2) is 21.9 Å². The summed E-state index contributed by atoms with van der Waals surface area (Å²) < 4.78 is 0. The number of nitrogens with zero attached hydrogens (tertiary/aromatic N) is 1. The molecule has 0 saturated carbocycles. The average molecular weight is 167 g/mol. The fraction of sp³-hybridized carbons (Fsp3) is 0.500. The summed E-state index contributed by atoms with van der Waals surface area (Å²) >= 11 is 0. The number of amides is 1. The van der Waals surface area contributed by atoms with Crippen LogP contribution in [0.25, 0.3) is 0 Å². The molecule has 0 aliphatic rings. The maximum Gasteiger partial charge on any atom is 0.217 e. The quantitative estimate of drug-likeness (QED) is 0.687. The van der Waals surface area contributed by atoms with Gasteiger partial charge in [-0.3, -0.25) is 4.79 Å². The van der Waals surface area contributed by atoms with E-state index >= 15 is 0 Å². The lowest BCUT2D eigenvalue weighted by atomic mass is 10.2. The third-order valence-electron chi connectivity index (χ3n) is 1.53. The molecule has 1 aromatic rings. The van der Waals surface area contributed by atoms with E-state index in [0.717, 1.165) is 12.1 Å². The molecule has 1 amide bonds. The Hall–Kier alpha value is -1.32. The van der Waals surface area contributed by atoms with Crippen LogP contribution in [0.5, 0.6) is 0 Å². The normalized spacial score (nSPS) is 12.5. The van der Waals surface area contributed by atoms with Crippen LogP contribution < -0.4 is 5.32 Å². The second kappa shape index (κ2) is 3.90. The van der Waals surface area contributed by atoms with Gasteiger partial charge in [-0.25, -0.2) is 4.98 Å². The van der Waals surface area contributed by atoms with E-state index < -0.39 is 0 Å². The predicted molar refractivity (Wildman–Crippen MR) is 45.6 cm³/mol. The Bertz CT molecular complexity index is 243. The maximum absolute atomic E-state index is 10.6. The van der Waals surface area contributed by atoms with E-state index in [0.29, 0.717) is 0 Å². The molecule has 0 aliphatic heterocycles. The zero-order chi connectivity index (χ0) is 8.97. The average Bonchev–Trinajstić information content (AvgIpc) is 2.37. The molecule has 0 fully saturated rings. The van der Waals surface area contributed by atoms with Gasteiger partial charge in [0.05, 0.1) is 6.33 Å². The minimum absolute atomic E-state index is 0.00187. The number of H-pyrrole nitrogens is 1. The molecule has 1 aromatic heterocycles. The molecular weight excluding hydrogens is 154 g/mol. The van der Waals surface area contributed by atoms with Gasteiger partial charge in [0.15, 0.2) is 0 Å². The summed E-state index contributed by atoms with van der Waals surface area (Å²) in [5.74, 6) is 0.00187. The van der Waals surface area contributed by atoms with E-state index in [4.69, 9.17) is 0 Å². The number of hydrogen-bond acceptors (Lipinski definition) is 2. The summed E-state index contributed by atoms with van der Waals surface area (Å²) in [6.45, 7) is 3.48. The van der Waals surface area contributed by atoms with Gasteiger partial charge in [-0.05, 0) is 6.92 Å². The van der Waals surface area contributed by atoms with E-state index in [-0.39, 0.29) is 11.9 Å².